The van der Waals surface area contributed by atoms with Crippen LogP contribution in [0.25, 0.3) is 22.2 Å². The summed E-state index contributed by atoms with van der Waals surface area (Å²) in [5.74, 6) is -0.338. The van der Waals surface area contributed by atoms with Crippen LogP contribution in [0.5, 0.6) is 0 Å². The molecular formula is C25H23N3O2. The number of benzene rings is 3. The molecule has 3 aromatic carbocycles. The van der Waals surface area contributed by atoms with E-state index in [0.717, 1.165) is 22.2 Å². The fraction of sp³-hybridized carbons (Fsp3) is 0.120. The maximum absolute atomic E-state index is 13.0. The van der Waals surface area contributed by atoms with Gasteiger partial charge < -0.3 is 14.8 Å². The Labute approximate surface area is 175 Å². The van der Waals surface area contributed by atoms with Crippen molar-refractivity contribution in [3.63, 3.8) is 0 Å². The quantitative estimate of drug-likeness (QED) is 0.533. The zero-order valence-electron chi connectivity index (χ0n) is 17.0. The van der Waals surface area contributed by atoms with Gasteiger partial charge in [0.2, 0.25) is 5.91 Å². The molecule has 4 rings (SSSR count). The molecule has 1 aromatic heterocycles. The summed E-state index contributed by atoms with van der Waals surface area (Å²) in [5, 5.41) is 4.00. The molecular weight excluding hydrogens is 374 g/mol. The minimum Gasteiger partial charge on any atom is -0.345 e. The van der Waals surface area contributed by atoms with E-state index in [2.05, 4.69) is 11.4 Å². The standard InChI is InChI=1S/C25H23N3O2/c1-27(2)25(30)20-13-7-8-14-21(20)26-24(29)17-28-22-15-9-6-12-19(22)16-23(28)18-10-4-3-5-11-18/h3-16H,17H2,1-2H3,(H,26,29). The number of carbonyl (C=O) groups is 2. The number of para-hydroxylation sites is 2. The lowest BCUT2D eigenvalue weighted by Gasteiger charge is -2.16. The monoisotopic (exact) mass is 397 g/mol. The summed E-state index contributed by atoms with van der Waals surface area (Å²) >= 11 is 0. The molecule has 0 atom stereocenters. The number of fused-ring (bicyclic) bond motifs is 1. The van der Waals surface area contributed by atoms with Gasteiger partial charge in [-0.25, -0.2) is 0 Å². The number of hydrogen-bond acceptors (Lipinski definition) is 2. The first-order chi connectivity index (χ1) is 14.5. The Hall–Kier alpha value is -3.86. The first-order valence-electron chi connectivity index (χ1n) is 9.79. The van der Waals surface area contributed by atoms with Crippen LogP contribution in [0.2, 0.25) is 0 Å². The average molecular weight is 397 g/mol. The largest absolute Gasteiger partial charge is 0.345 e. The highest BCUT2D eigenvalue weighted by molar-refractivity contribution is 6.04. The Morgan fingerprint density at radius 1 is 0.867 bits per heavy atom. The Morgan fingerprint density at radius 2 is 1.53 bits per heavy atom. The molecule has 5 heteroatoms. The SMILES string of the molecule is CN(C)C(=O)c1ccccc1NC(=O)Cn1c(-c2ccccc2)cc2ccccc21. The number of rotatable bonds is 5. The molecule has 5 nitrogen and oxygen atoms in total. The van der Waals surface area contributed by atoms with Gasteiger partial charge in [-0.15, -0.1) is 0 Å². The summed E-state index contributed by atoms with van der Waals surface area (Å²) < 4.78 is 2.01. The first kappa shape index (κ1) is 19.5. The number of nitrogens with zero attached hydrogens (tertiary/aromatic N) is 2. The molecule has 0 fully saturated rings. The van der Waals surface area contributed by atoms with E-state index in [9.17, 15) is 9.59 Å². The molecule has 0 bridgehead atoms. The Bertz CT molecular complexity index is 1210. The highest BCUT2D eigenvalue weighted by Gasteiger charge is 2.17. The molecule has 4 aromatic rings. The van der Waals surface area contributed by atoms with Gasteiger partial charge in [0.15, 0.2) is 0 Å². The zero-order chi connectivity index (χ0) is 21.1. The van der Waals surface area contributed by atoms with Crippen molar-refractivity contribution in [2.75, 3.05) is 19.4 Å². The molecule has 30 heavy (non-hydrogen) atoms. The highest BCUT2D eigenvalue weighted by atomic mass is 16.2. The fourth-order valence-electron chi connectivity index (χ4n) is 3.58. The molecule has 150 valence electrons. The van der Waals surface area contributed by atoms with Crippen LogP contribution < -0.4 is 5.32 Å². The van der Waals surface area contributed by atoms with Crippen molar-refractivity contribution < 1.29 is 9.59 Å². The van der Waals surface area contributed by atoms with Crippen LogP contribution in [0.4, 0.5) is 5.69 Å². The molecule has 0 radical (unpaired) electrons. The van der Waals surface area contributed by atoms with Gasteiger partial charge >= 0.3 is 0 Å². The number of anilines is 1. The van der Waals surface area contributed by atoms with Crippen molar-refractivity contribution in [1.29, 1.82) is 0 Å². The summed E-state index contributed by atoms with van der Waals surface area (Å²) in [6.45, 7) is 0.141. The smallest absolute Gasteiger partial charge is 0.255 e. The second kappa shape index (κ2) is 8.25. The van der Waals surface area contributed by atoms with Crippen LogP contribution in [0.3, 0.4) is 0 Å². The van der Waals surface area contributed by atoms with Gasteiger partial charge in [0.1, 0.15) is 6.54 Å². The van der Waals surface area contributed by atoms with Crippen LogP contribution in [0.15, 0.2) is 84.9 Å². The molecule has 0 saturated carbocycles. The van der Waals surface area contributed by atoms with Crippen molar-refractivity contribution in [3.05, 3.63) is 90.5 Å². The van der Waals surface area contributed by atoms with E-state index < -0.39 is 0 Å². The zero-order valence-corrected chi connectivity index (χ0v) is 17.0. The van der Waals surface area contributed by atoms with Crippen LogP contribution in [0, 0.1) is 0 Å². The third kappa shape index (κ3) is 3.82. The van der Waals surface area contributed by atoms with E-state index in [4.69, 9.17) is 0 Å². The lowest BCUT2D eigenvalue weighted by atomic mass is 10.1. The van der Waals surface area contributed by atoms with Gasteiger partial charge in [0, 0.05) is 30.7 Å². The topological polar surface area (TPSA) is 54.3 Å². The molecule has 0 aliphatic rings. The van der Waals surface area contributed by atoms with E-state index >= 15 is 0 Å². The normalized spacial score (nSPS) is 10.7. The Balaban J connectivity index is 1.67. The van der Waals surface area contributed by atoms with Crippen molar-refractivity contribution in [2.24, 2.45) is 0 Å². The second-order valence-electron chi connectivity index (χ2n) is 7.33. The van der Waals surface area contributed by atoms with Crippen molar-refractivity contribution >= 4 is 28.4 Å². The van der Waals surface area contributed by atoms with Crippen molar-refractivity contribution in [2.45, 2.75) is 6.54 Å². The van der Waals surface area contributed by atoms with Crippen LogP contribution in [0.1, 0.15) is 10.4 Å². The molecule has 0 aliphatic heterocycles. The van der Waals surface area contributed by atoms with Gasteiger partial charge in [0.25, 0.3) is 5.91 Å². The molecule has 0 unspecified atom stereocenters. The third-order valence-corrected chi connectivity index (χ3v) is 5.02. The van der Waals surface area contributed by atoms with Crippen molar-refractivity contribution in [1.82, 2.24) is 9.47 Å². The maximum Gasteiger partial charge on any atom is 0.255 e. The van der Waals surface area contributed by atoms with E-state index in [-0.39, 0.29) is 18.4 Å². The Morgan fingerprint density at radius 3 is 2.30 bits per heavy atom. The van der Waals surface area contributed by atoms with Gasteiger partial charge in [-0.3, -0.25) is 9.59 Å². The molecule has 0 spiro atoms. The molecule has 0 aliphatic carbocycles. The van der Waals surface area contributed by atoms with Gasteiger partial charge in [-0.1, -0.05) is 60.7 Å². The number of carbonyl (C=O) groups excluding carboxylic acids is 2. The van der Waals surface area contributed by atoms with Gasteiger partial charge in [-0.2, -0.15) is 0 Å². The molecule has 1 heterocycles. The fourth-order valence-corrected chi connectivity index (χ4v) is 3.58. The van der Waals surface area contributed by atoms with Gasteiger partial charge in [-0.05, 0) is 29.8 Å². The maximum atomic E-state index is 13.0. The summed E-state index contributed by atoms with van der Waals surface area (Å²) in [4.78, 5) is 26.9. The number of nitrogens with one attached hydrogen (secondary N) is 1. The molecule has 1 N–H and O–H groups in total. The third-order valence-electron chi connectivity index (χ3n) is 5.02. The summed E-state index contributed by atoms with van der Waals surface area (Å²) in [6.07, 6.45) is 0. The lowest BCUT2D eigenvalue weighted by molar-refractivity contribution is -0.116. The number of hydrogen-bond donors (Lipinski definition) is 1. The van der Waals surface area contributed by atoms with E-state index in [0.29, 0.717) is 11.3 Å². The lowest BCUT2D eigenvalue weighted by Crippen LogP contribution is -2.25. The van der Waals surface area contributed by atoms with Crippen molar-refractivity contribution in [3.8, 4) is 11.3 Å². The summed E-state index contributed by atoms with van der Waals surface area (Å²) in [7, 11) is 3.39. The van der Waals surface area contributed by atoms with Crippen LogP contribution in [-0.2, 0) is 11.3 Å². The predicted octanol–water partition coefficient (Wildman–Crippen LogP) is 4.65. The average Bonchev–Trinajstić information content (AvgIpc) is 3.12. The van der Waals surface area contributed by atoms with Crippen LogP contribution >= 0.6 is 0 Å². The Kier molecular flexibility index (Phi) is 5.35. The van der Waals surface area contributed by atoms with Gasteiger partial charge in [0.05, 0.1) is 11.3 Å². The van der Waals surface area contributed by atoms with E-state index in [1.54, 1.807) is 32.3 Å². The number of amides is 2. The molecule has 0 saturated heterocycles. The van der Waals surface area contributed by atoms with Crippen LogP contribution in [-0.4, -0.2) is 35.4 Å². The van der Waals surface area contributed by atoms with E-state index in [1.807, 2.05) is 65.2 Å². The molecule has 2 amide bonds. The highest BCUT2D eigenvalue weighted by Crippen LogP contribution is 2.28. The minimum atomic E-state index is -0.187. The number of aromatic nitrogens is 1. The summed E-state index contributed by atoms with van der Waals surface area (Å²) in [6, 6.07) is 27.2. The van der Waals surface area contributed by atoms with E-state index in [1.165, 1.54) is 4.90 Å². The first-order valence-corrected chi connectivity index (χ1v) is 9.79. The predicted molar refractivity (Wildman–Crippen MR) is 120 cm³/mol. The summed E-state index contributed by atoms with van der Waals surface area (Å²) in [5.41, 5.74) is 3.99. The second-order valence-corrected chi connectivity index (χ2v) is 7.33. The minimum absolute atomic E-state index is 0.141.